The van der Waals surface area contributed by atoms with E-state index in [2.05, 4.69) is 11.8 Å². The third kappa shape index (κ3) is 3.67. The number of anilines is 1. The number of carbonyl (C=O) groups is 1. The molecule has 0 radical (unpaired) electrons. The Morgan fingerprint density at radius 1 is 1.50 bits per heavy atom. The highest BCUT2D eigenvalue weighted by atomic mass is 19.1. The lowest BCUT2D eigenvalue weighted by Gasteiger charge is -2.05. The highest BCUT2D eigenvalue weighted by molar-refractivity contribution is 5.72. The van der Waals surface area contributed by atoms with Gasteiger partial charge in [0.15, 0.2) is 0 Å². The van der Waals surface area contributed by atoms with Crippen LogP contribution in [-0.2, 0) is 9.53 Å². The van der Waals surface area contributed by atoms with Gasteiger partial charge < -0.3 is 15.2 Å². The van der Waals surface area contributed by atoms with Crippen molar-refractivity contribution in [1.29, 1.82) is 0 Å². The standard InChI is InChI=1S/C13H14FNO3/c1-3-18-13(16)6-4-5-9-7-12(17-2)11(15)8-10(9)14/h7-8H,3,6,15H2,1-2H3. The first kappa shape index (κ1) is 13.8. The topological polar surface area (TPSA) is 61.5 Å². The molecule has 1 aromatic carbocycles. The van der Waals surface area contributed by atoms with E-state index < -0.39 is 11.8 Å². The number of carbonyl (C=O) groups excluding carboxylic acids is 1. The van der Waals surface area contributed by atoms with Crippen LogP contribution < -0.4 is 10.5 Å². The Hall–Kier alpha value is -2.22. The summed E-state index contributed by atoms with van der Waals surface area (Å²) in [5, 5.41) is 0. The number of methoxy groups -OCH3 is 1. The van der Waals surface area contributed by atoms with E-state index in [0.29, 0.717) is 12.4 Å². The molecule has 0 spiro atoms. The maximum Gasteiger partial charge on any atom is 0.317 e. The van der Waals surface area contributed by atoms with Gasteiger partial charge in [-0.15, -0.1) is 0 Å². The molecule has 0 fully saturated rings. The summed E-state index contributed by atoms with van der Waals surface area (Å²) in [6.07, 6.45) is -0.0834. The van der Waals surface area contributed by atoms with Crippen molar-refractivity contribution in [3.63, 3.8) is 0 Å². The molecule has 0 heterocycles. The number of rotatable bonds is 3. The van der Waals surface area contributed by atoms with Crippen LogP contribution in [0.2, 0.25) is 0 Å². The molecule has 0 atom stereocenters. The second-order valence-corrected chi connectivity index (χ2v) is 3.36. The van der Waals surface area contributed by atoms with Crippen LogP contribution in [0.3, 0.4) is 0 Å². The van der Waals surface area contributed by atoms with Crippen molar-refractivity contribution >= 4 is 11.7 Å². The zero-order chi connectivity index (χ0) is 13.5. The predicted molar refractivity (Wildman–Crippen MR) is 65.5 cm³/mol. The summed E-state index contributed by atoms with van der Waals surface area (Å²) in [4.78, 5) is 11.0. The molecule has 5 heteroatoms. The van der Waals surface area contributed by atoms with E-state index in [1.807, 2.05) is 0 Å². The quantitative estimate of drug-likeness (QED) is 0.505. The lowest BCUT2D eigenvalue weighted by atomic mass is 10.1. The first-order valence-electron chi connectivity index (χ1n) is 5.36. The van der Waals surface area contributed by atoms with Gasteiger partial charge in [-0.25, -0.2) is 4.39 Å². The maximum atomic E-state index is 13.5. The van der Waals surface area contributed by atoms with E-state index in [0.717, 1.165) is 6.07 Å². The first-order chi connectivity index (χ1) is 8.58. The largest absolute Gasteiger partial charge is 0.495 e. The van der Waals surface area contributed by atoms with E-state index in [1.54, 1.807) is 6.92 Å². The molecule has 0 amide bonds. The van der Waals surface area contributed by atoms with Crippen LogP contribution in [-0.4, -0.2) is 19.7 Å². The summed E-state index contributed by atoms with van der Waals surface area (Å²) in [6, 6.07) is 2.52. The van der Waals surface area contributed by atoms with Gasteiger partial charge >= 0.3 is 5.97 Å². The van der Waals surface area contributed by atoms with Crippen molar-refractivity contribution in [3.05, 3.63) is 23.5 Å². The molecular weight excluding hydrogens is 237 g/mol. The third-order valence-electron chi connectivity index (χ3n) is 2.08. The summed E-state index contributed by atoms with van der Waals surface area (Å²) in [6.45, 7) is 2.00. The zero-order valence-electron chi connectivity index (χ0n) is 10.2. The van der Waals surface area contributed by atoms with Crippen molar-refractivity contribution in [1.82, 2.24) is 0 Å². The van der Waals surface area contributed by atoms with Crippen LogP contribution in [0.25, 0.3) is 0 Å². The molecule has 2 N–H and O–H groups in total. The Balaban J connectivity index is 2.85. The number of benzene rings is 1. The molecule has 0 aliphatic carbocycles. The van der Waals surface area contributed by atoms with Crippen molar-refractivity contribution < 1.29 is 18.7 Å². The van der Waals surface area contributed by atoms with Gasteiger partial charge in [0.05, 0.1) is 25.0 Å². The van der Waals surface area contributed by atoms with Crippen molar-refractivity contribution in [2.75, 3.05) is 19.5 Å². The SMILES string of the molecule is CCOC(=O)CC#Cc1cc(OC)c(N)cc1F. The molecule has 0 bridgehead atoms. The van der Waals surface area contributed by atoms with Gasteiger partial charge in [-0.2, -0.15) is 0 Å². The Morgan fingerprint density at radius 2 is 2.22 bits per heavy atom. The fraction of sp³-hybridized carbons (Fsp3) is 0.308. The summed E-state index contributed by atoms with van der Waals surface area (Å²) in [5.41, 5.74) is 5.86. The minimum atomic E-state index is -0.551. The van der Waals surface area contributed by atoms with Crippen molar-refractivity contribution in [3.8, 4) is 17.6 Å². The molecule has 0 aliphatic rings. The van der Waals surface area contributed by atoms with Gasteiger partial charge in [0.25, 0.3) is 0 Å². The summed E-state index contributed by atoms with van der Waals surface area (Å²) in [5.74, 6) is 4.44. The van der Waals surface area contributed by atoms with Crippen molar-refractivity contribution in [2.24, 2.45) is 0 Å². The van der Waals surface area contributed by atoms with Crippen LogP contribution in [0.5, 0.6) is 5.75 Å². The molecular formula is C13H14FNO3. The lowest BCUT2D eigenvalue weighted by molar-refractivity contribution is -0.141. The number of nitrogen functional groups attached to an aromatic ring is 1. The molecule has 0 aliphatic heterocycles. The van der Waals surface area contributed by atoms with Crippen LogP contribution in [0.1, 0.15) is 18.9 Å². The highest BCUT2D eigenvalue weighted by Crippen LogP contribution is 2.24. The van der Waals surface area contributed by atoms with Gasteiger partial charge in [0.2, 0.25) is 0 Å². The summed E-state index contributed by atoms with van der Waals surface area (Å²) >= 11 is 0. The van der Waals surface area contributed by atoms with Crippen LogP contribution in [0.15, 0.2) is 12.1 Å². The fourth-order valence-corrected chi connectivity index (χ4v) is 1.26. The molecule has 4 nitrogen and oxygen atoms in total. The number of halogens is 1. The van der Waals surface area contributed by atoms with Gasteiger partial charge in [0.1, 0.15) is 18.0 Å². The van der Waals surface area contributed by atoms with Crippen molar-refractivity contribution in [2.45, 2.75) is 13.3 Å². The molecule has 1 rings (SSSR count). The van der Waals surface area contributed by atoms with Crippen LogP contribution in [0.4, 0.5) is 10.1 Å². The average Bonchev–Trinajstić information content (AvgIpc) is 2.32. The van der Waals surface area contributed by atoms with E-state index in [1.165, 1.54) is 13.2 Å². The number of hydrogen-bond donors (Lipinski definition) is 1. The second kappa shape index (κ2) is 6.50. The van der Waals surface area contributed by atoms with Crippen LogP contribution >= 0.6 is 0 Å². The fourth-order valence-electron chi connectivity index (χ4n) is 1.26. The Kier molecular flexibility index (Phi) is 5.00. The number of hydrogen-bond acceptors (Lipinski definition) is 4. The third-order valence-corrected chi connectivity index (χ3v) is 2.08. The van der Waals surface area contributed by atoms with Crippen LogP contribution in [0, 0.1) is 17.7 Å². The lowest BCUT2D eigenvalue weighted by Crippen LogP contribution is -2.01. The molecule has 1 aromatic rings. The summed E-state index contributed by atoms with van der Waals surface area (Å²) < 4.78 is 23.1. The molecule has 0 unspecified atom stereocenters. The number of nitrogens with two attached hydrogens (primary N) is 1. The molecule has 0 saturated heterocycles. The predicted octanol–water partition coefficient (Wildman–Crippen LogP) is 1.72. The van der Waals surface area contributed by atoms with Gasteiger partial charge in [-0.05, 0) is 6.92 Å². The second-order valence-electron chi connectivity index (χ2n) is 3.36. The molecule has 96 valence electrons. The Labute approximate surface area is 105 Å². The normalized spacial score (nSPS) is 9.28. The van der Waals surface area contributed by atoms with Gasteiger partial charge in [0, 0.05) is 12.1 Å². The van der Waals surface area contributed by atoms with E-state index in [9.17, 15) is 9.18 Å². The van der Waals surface area contributed by atoms with Gasteiger partial charge in [-0.3, -0.25) is 4.79 Å². The molecule has 0 aromatic heterocycles. The Morgan fingerprint density at radius 3 is 2.83 bits per heavy atom. The van der Waals surface area contributed by atoms with E-state index in [-0.39, 0.29) is 17.7 Å². The van der Waals surface area contributed by atoms with E-state index in [4.69, 9.17) is 15.2 Å². The molecule has 0 saturated carbocycles. The average molecular weight is 251 g/mol. The number of ether oxygens (including phenoxy) is 2. The van der Waals surface area contributed by atoms with Gasteiger partial charge in [-0.1, -0.05) is 11.8 Å². The Bertz CT molecular complexity index is 503. The number of esters is 1. The summed E-state index contributed by atoms with van der Waals surface area (Å²) in [7, 11) is 1.43. The smallest absolute Gasteiger partial charge is 0.317 e. The first-order valence-corrected chi connectivity index (χ1v) is 5.36. The monoisotopic (exact) mass is 251 g/mol. The molecule has 18 heavy (non-hydrogen) atoms. The highest BCUT2D eigenvalue weighted by Gasteiger charge is 2.06. The maximum absolute atomic E-state index is 13.5. The van der Waals surface area contributed by atoms with E-state index >= 15 is 0 Å². The zero-order valence-corrected chi connectivity index (χ0v) is 10.2. The minimum Gasteiger partial charge on any atom is -0.495 e. The minimum absolute atomic E-state index is 0.0834.